The molecule has 0 aromatic heterocycles. The molecule has 26 heavy (non-hydrogen) atoms. The Morgan fingerprint density at radius 1 is 0.615 bits per heavy atom. The molecular formula is C23H21NS2. The van der Waals surface area contributed by atoms with Gasteiger partial charge >= 0.3 is 0 Å². The first-order valence-corrected chi connectivity index (χ1v) is 9.60. The normalized spacial score (nSPS) is 11.5. The van der Waals surface area contributed by atoms with Crippen LogP contribution in [0.2, 0.25) is 0 Å². The third kappa shape index (κ3) is 3.35. The Labute approximate surface area is 165 Å². The topological polar surface area (TPSA) is 3.24 Å². The van der Waals surface area contributed by atoms with Crippen molar-refractivity contribution < 1.29 is 0 Å². The van der Waals surface area contributed by atoms with Gasteiger partial charge in [-0.3, -0.25) is 4.90 Å². The highest BCUT2D eigenvalue weighted by Crippen LogP contribution is 2.29. The van der Waals surface area contributed by atoms with E-state index in [9.17, 15) is 0 Å². The zero-order chi connectivity index (χ0) is 18.1. The third-order valence-corrected chi connectivity index (χ3v) is 5.73. The lowest BCUT2D eigenvalue weighted by Gasteiger charge is -2.21. The summed E-state index contributed by atoms with van der Waals surface area (Å²) in [6.07, 6.45) is 0. The van der Waals surface area contributed by atoms with Crippen molar-refractivity contribution >= 4 is 46.8 Å². The lowest BCUT2D eigenvalue weighted by molar-refractivity contribution is 0.317. The second-order valence-corrected chi connectivity index (χ2v) is 7.70. The smallest absolute Gasteiger partial charge is 0.0251 e. The SMILES string of the molecule is CN(Cc1c(S)ccc2ccccc12)Cc1c(S)ccc2ccccc12. The van der Waals surface area contributed by atoms with E-state index in [0.717, 1.165) is 22.9 Å². The summed E-state index contributed by atoms with van der Waals surface area (Å²) < 4.78 is 0. The lowest BCUT2D eigenvalue weighted by atomic mass is 10.0. The van der Waals surface area contributed by atoms with Gasteiger partial charge in [0.1, 0.15) is 0 Å². The van der Waals surface area contributed by atoms with Gasteiger partial charge in [0.2, 0.25) is 0 Å². The maximum absolute atomic E-state index is 4.71. The van der Waals surface area contributed by atoms with Gasteiger partial charge in [0.05, 0.1) is 0 Å². The standard InChI is InChI=1S/C23H21NS2/c1-24(14-20-18-8-4-2-6-16(18)10-12-22(20)25)15-21-19-9-5-3-7-17(19)11-13-23(21)26/h2-13,25-26H,14-15H2,1H3. The van der Waals surface area contributed by atoms with Crippen LogP contribution in [0.1, 0.15) is 11.1 Å². The van der Waals surface area contributed by atoms with Crippen LogP contribution in [0.15, 0.2) is 82.6 Å². The van der Waals surface area contributed by atoms with E-state index in [0.29, 0.717) is 0 Å². The second kappa shape index (κ2) is 7.36. The van der Waals surface area contributed by atoms with Gasteiger partial charge in [0.15, 0.2) is 0 Å². The first kappa shape index (κ1) is 17.5. The molecule has 130 valence electrons. The summed E-state index contributed by atoms with van der Waals surface area (Å²) in [6.45, 7) is 1.69. The van der Waals surface area contributed by atoms with Gasteiger partial charge in [-0.1, -0.05) is 60.7 Å². The van der Waals surface area contributed by atoms with Crippen molar-refractivity contribution in [2.75, 3.05) is 7.05 Å². The summed E-state index contributed by atoms with van der Waals surface area (Å²) in [7, 11) is 2.16. The van der Waals surface area contributed by atoms with Crippen molar-refractivity contribution in [2.24, 2.45) is 0 Å². The molecule has 0 heterocycles. The molecule has 0 N–H and O–H groups in total. The van der Waals surface area contributed by atoms with Gasteiger partial charge in [-0.15, -0.1) is 25.3 Å². The van der Waals surface area contributed by atoms with Crippen LogP contribution in [-0.2, 0) is 13.1 Å². The van der Waals surface area contributed by atoms with Crippen LogP contribution in [0.5, 0.6) is 0 Å². The van der Waals surface area contributed by atoms with E-state index < -0.39 is 0 Å². The first-order chi connectivity index (χ1) is 12.6. The highest BCUT2D eigenvalue weighted by atomic mass is 32.1. The average Bonchev–Trinajstić information content (AvgIpc) is 2.66. The summed E-state index contributed by atoms with van der Waals surface area (Å²) in [5.41, 5.74) is 2.55. The van der Waals surface area contributed by atoms with E-state index in [1.165, 1.54) is 32.7 Å². The van der Waals surface area contributed by atoms with Gasteiger partial charge in [-0.25, -0.2) is 0 Å². The molecule has 0 saturated carbocycles. The Bertz CT molecular complexity index is 1000. The largest absolute Gasteiger partial charge is 0.298 e. The van der Waals surface area contributed by atoms with Crippen LogP contribution in [0, 0.1) is 0 Å². The highest BCUT2D eigenvalue weighted by Gasteiger charge is 2.12. The minimum Gasteiger partial charge on any atom is -0.298 e. The molecular weight excluding hydrogens is 354 g/mol. The van der Waals surface area contributed by atoms with Crippen molar-refractivity contribution in [1.29, 1.82) is 0 Å². The summed E-state index contributed by atoms with van der Waals surface area (Å²) in [5, 5.41) is 5.06. The minimum absolute atomic E-state index is 0.844. The number of fused-ring (bicyclic) bond motifs is 2. The first-order valence-electron chi connectivity index (χ1n) is 8.71. The third-order valence-electron chi connectivity index (χ3n) is 4.89. The van der Waals surface area contributed by atoms with Crippen molar-refractivity contribution in [3.63, 3.8) is 0 Å². The molecule has 0 aliphatic rings. The van der Waals surface area contributed by atoms with Gasteiger partial charge in [-0.05, 0) is 51.9 Å². The Morgan fingerprint density at radius 3 is 1.50 bits per heavy atom. The quantitative estimate of drug-likeness (QED) is 0.402. The molecule has 4 rings (SSSR count). The molecule has 0 amide bonds. The van der Waals surface area contributed by atoms with Gasteiger partial charge in [0.25, 0.3) is 0 Å². The average molecular weight is 376 g/mol. The van der Waals surface area contributed by atoms with Crippen molar-refractivity contribution in [3.05, 3.63) is 83.9 Å². The molecule has 0 aliphatic heterocycles. The molecule has 3 heteroatoms. The van der Waals surface area contributed by atoms with Gasteiger partial charge < -0.3 is 0 Å². The van der Waals surface area contributed by atoms with E-state index >= 15 is 0 Å². The lowest BCUT2D eigenvalue weighted by Crippen LogP contribution is -2.18. The Kier molecular flexibility index (Phi) is 4.94. The Morgan fingerprint density at radius 2 is 1.04 bits per heavy atom. The van der Waals surface area contributed by atoms with Gasteiger partial charge in [0, 0.05) is 22.9 Å². The van der Waals surface area contributed by atoms with Crippen LogP contribution in [0.4, 0.5) is 0 Å². The fourth-order valence-corrected chi connectivity index (χ4v) is 4.11. The molecule has 0 spiro atoms. The monoisotopic (exact) mass is 375 g/mol. The maximum Gasteiger partial charge on any atom is 0.0251 e. The number of hydrogen-bond acceptors (Lipinski definition) is 3. The zero-order valence-electron chi connectivity index (χ0n) is 14.7. The van der Waals surface area contributed by atoms with Crippen LogP contribution < -0.4 is 0 Å². The number of rotatable bonds is 4. The van der Waals surface area contributed by atoms with Crippen LogP contribution in [0.3, 0.4) is 0 Å². The number of hydrogen-bond donors (Lipinski definition) is 2. The van der Waals surface area contributed by atoms with E-state index in [4.69, 9.17) is 25.3 Å². The fourth-order valence-electron chi connectivity index (χ4n) is 3.58. The van der Waals surface area contributed by atoms with E-state index in [-0.39, 0.29) is 0 Å². The Hall–Kier alpha value is -1.94. The molecule has 0 fully saturated rings. The Balaban J connectivity index is 1.68. The molecule has 0 aliphatic carbocycles. The van der Waals surface area contributed by atoms with Crippen molar-refractivity contribution in [3.8, 4) is 0 Å². The molecule has 0 atom stereocenters. The predicted molar refractivity (Wildman–Crippen MR) is 118 cm³/mol. The van der Waals surface area contributed by atoms with Crippen LogP contribution in [-0.4, -0.2) is 11.9 Å². The summed E-state index contributed by atoms with van der Waals surface area (Å²) in [4.78, 5) is 4.42. The molecule has 0 radical (unpaired) electrons. The zero-order valence-corrected chi connectivity index (χ0v) is 16.5. The van der Waals surface area contributed by atoms with Gasteiger partial charge in [-0.2, -0.15) is 0 Å². The molecule has 4 aromatic carbocycles. The molecule has 0 saturated heterocycles. The summed E-state index contributed by atoms with van der Waals surface area (Å²) >= 11 is 9.42. The van der Waals surface area contributed by atoms with Crippen molar-refractivity contribution in [1.82, 2.24) is 4.90 Å². The fraction of sp³-hybridized carbons (Fsp3) is 0.130. The van der Waals surface area contributed by atoms with Crippen molar-refractivity contribution in [2.45, 2.75) is 22.9 Å². The molecule has 1 nitrogen and oxygen atoms in total. The summed E-state index contributed by atoms with van der Waals surface area (Å²) in [5.74, 6) is 0. The summed E-state index contributed by atoms with van der Waals surface area (Å²) in [6, 6.07) is 25.5. The second-order valence-electron chi connectivity index (χ2n) is 6.74. The molecule has 0 bridgehead atoms. The highest BCUT2D eigenvalue weighted by molar-refractivity contribution is 7.80. The van der Waals surface area contributed by atoms with E-state index in [1.807, 2.05) is 0 Å². The van der Waals surface area contributed by atoms with Crippen LogP contribution >= 0.6 is 25.3 Å². The molecule has 0 unspecified atom stereocenters. The number of nitrogens with zero attached hydrogens (tertiary/aromatic N) is 1. The predicted octanol–water partition coefficient (Wildman–Crippen LogP) is 6.20. The molecule has 4 aromatic rings. The van der Waals surface area contributed by atoms with Crippen LogP contribution in [0.25, 0.3) is 21.5 Å². The van der Waals surface area contributed by atoms with E-state index in [1.54, 1.807) is 0 Å². The minimum atomic E-state index is 0.844. The number of benzene rings is 4. The van der Waals surface area contributed by atoms with E-state index in [2.05, 4.69) is 84.7 Å². The number of thiol groups is 2. The maximum atomic E-state index is 4.71.